The van der Waals surface area contributed by atoms with Crippen LogP contribution in [0.4, 0.5) is 24.7 Å². The molecule has 3 aromatic rings. The molecule has 0 bridgehead atoms. The second-order valence-electron chi connectivity index (χ2n) is 5.37. The van der Waals surface area contributed by atoms with Gasteiger partial charge in [0.1, 0.15) is 11.3 Å². The smallest absolute Gasteiger partial charge is 0.378 e. The van der Waals surface area contributed by atoms with Gasteiger partial charge in [-0.2, -0.15) is 13.2 Å². The van der Waals surface area contributed by atoms with Gasteiger partial charge in [-0.1, -0.05) is 12.1 Å². The molecule has 3 rings (SSSR count). The maximum atomic E-state index is 12.9. The number of H-pyrrole nitrogens is 1. The molecule has 2 aromatic heterocycles. The molecule has 0 aliphatic carbocycles. The lowest BCUT2D eigenvalue weighted by Gasteiger charge is -2.12. The van der Waals surface area contributed by atoms with E-state index in [1.807, 2.05) is 43.3 Å². The van der Waals surface area contributed by atoms with Gasteiger partial charge in [-0.3, -0.25) is 0 Å². The van der Waals surface area contributed by atoms with E-state index in [2.05, 4.69) is 25.3 Å². The zero-order valence-electron chi connectivity index (χ0n) is 13.2. The van der Waals surface area contributed by atoms with Crippen LogP contribution in [0.25, 0.3) is 22.6 Å². The molecule has 6 nitrogen and oxygen atoms in total. The number of rotatable bonds is 3. The maximum absolute atomic E-state index is 12.9. The highest BCUT2D eigenvalue weighted by Crippen LogP contribution is 2.31. The van der Waals surface area contributed by atoms with E-state index >= 15 is 0 Å². The van der Waals surface area contributed by atoms with Crippen LogP contribution in [0.3, 0.4) is 0 Å². The number of nitrogens with zero attached hydrogens (tertiary/aromatic N) is 4. The van der Waals surface area contributed by atoms with Crippen LogP contribution >= 0.6 is 0 Å². The Labute approximate surface area is 135 Å². The van der Waals surface area contributed by atoms with Gasteiger partial charge >= 0.3 is 6.18 Å². The van der Waals surface area contributed by atoms with Crippen molar-refractivity contribution in [3.63, 3.8) is 0 Å². The van der Waals surface area contributed by atoms with Crippen LogP contribution in [0, 0.1) is 0 Å². The maximum Gasteiger partial charge on any atom is 0.451 e. The summed E-state index contributed by atoms with van der Waals surface area (Å²) in [5.41, 5.74) is 1.99. The Morgan fingerprint density at radius 3 is 2.50 bits per heavy atom. The summed E-state index contributed by atoms with van der Waals surface area (Å²) in [4.78, 5) is 16.2. The highest BCUT2D eigenvalue weighted by molar-refractivity contribution is 5.86. The second kappa shape index (κ2) is 5.66. The first-order valence-corrected chi connectivity index (χ1v) is 7.10. The summed E-state index contributed by atoms with van der Waals surface area (Å²) in [5, 5.41) is 2.65. The van der Waals surface area contributed by atoms with Gasteiger partial charge in [-0.15, -0.1) is 0 Å². The van der Waals surface area contributed by atoms with Crippen molar-refractivity contribution in [3.8, 4) is 11.4 Å². The molecular formula is C15H15F3N6. The molecule has 126 valence electrons. The summed E-state index contributed by atoms with van der Waals surface area (Å²) < 4.78 is 38.7. The molecule has 0 aliphatic rings. The van der Waals surface area contributed by atoms with Crippen molar-refractivity contribution in [2.45, 2.75) is 6.18 Å². The Bertz CT molecular complexity index is 885. The molecule has 0 amide bonds. The van der Waals surface area contributed by atoms with Crippen LogP contribution < -0.4 is 10.2 Å². The van der Waals surface area contributed by atoms with Crippen LogP contribution in [0.5, 0.6) is 0 Å². The molecule has 0 saturated heterocycles. The first-order valence-electron chi connectivity index (χ1n) is 7.10. The summed E-state index contributed by atoms with van der Waals surface area (Å²) >= 11 is 0. The molecule has 0 fully saturated rings. The van der Waals surface area contributed by atoms with E-state index < -0.39 is 12.0 Å². The van der Waals surface area contributed by atoms with Gasteiger partial charge in [0.25, 0.3) is 0 Å². The normalized spacial score (nSPS) is 11.8. The fraction of sp³-hybridized carbons (Fsp3) is 0.267. The monoisotopic (exact) mass is 336 g/mol. The van der Waals surface area contributed by atoms with E-state index in [0.29, 0.717) is 11.3 Å². The van der Waals surface area contributed by atoms with Crippen molar-refractivity contribution in [2.75, 3.05) is 31.4 Å². The third-order valence-electron chi connectivity index (χ3n) is 3.48. The van der Waals surface area contributed by atoms with E-state index in [1.165, 1.54) is 7.05 Å². The lowest BCUT2D eigenvalue weighted by molar-refractivity contribution is -0.144. The van der Waals surface area contributed by atoms with Crippen LogP contribution in [-0.2, 0) is 6.18 Å². The Morgan fingerprint density at radius 1 is 1.12 bits per heavy atom. The number of aromatic amines is 1. The number of nitrogens with one attached hydrogen (secondary N) is 2. The molecule has 9 heteroatoms. The first kappa shape index (κ1) is 16.0. The van der Waals surface area contributed by atoms with Crippen LogP contribution in [0.1, 0.15) is 5.82 Å². The Hall–Kier alpha value is -2.84. The summed E-state index contributed by atoms with van der Waals surface area (Å²) in [6, 6.07) is 7.48. The number of hydrogen-bond acceptors (Lipinski definition) is 5. The lowest BCUT2D eigenvalue weighted by Crippen LogP contribution is -2.12. The van der Waals surface area contributed by atoms with Crippen molar-refractivity contribution in [3.05, 3.63) is 30.1 Å². The SMILES string of the molecule is CNc1nc(C(F)(F)F)nc2nc(-c3cccc(N(C)C)c3)[nH]c12. The van der Waals surface area contributed by atoms with Crippen LogP contribution in [-0.4, -0.2) is 41.1 Å². The van der Waals surface area contributed by atoms with E-state index in [4.69, 9.17) is 0 Å². The van der Waals surface area contributed by atoms with E-state index in [9.17, 15) is 13.2 Å². The number of fused-ring (bicyclic) bond motifs is 1. The van der Waals surface area contributed by atoms with Crippen molar-refractivity contribution in [1.29, 1.82) is 0 Å². The number of alkyl halides is 3. The molecule has 0 saturated carbocycles. The molecule has 0 aliphatic heterocycles. The van der Waals surface area contributed by atoms with E-state index in [-0.39, 0.29) is 11.5 Å². The first-order chi connectivity index (χ1) is 11.3. The molecule has 0 atom stereocenters. The molecule has 24 heavy (non-hydrogen) atoms. The summed E-state index contributed by atoms with van der Waals surface area (Å²) in [5.74, 6) is -0.742. The van der Waals surface area contributed by atoms with Crippen molar-refractivity contribution >= 4 is 22.7 Å². The van der Waals surface area contributed by atoms with E-state index in [0.717, 1.165) is 11.3 Å². The van der Waals surface area contributed by atoms with Gasteiger partial charge in [-0.25, -0.2) is 15.0 Å². The largest absolute Gasteiger partial charge is 0.451 e. The molecular weight excluding hydrogens is 321 g/mol. The fourth-order valence-electron chi connectivity index (χ4n) is 2.27. The number of imidazole rings is 1. The van der Waals surface area contributed by atoms with Gasteiger partial charge < -0.3 is 15.2 Å². The predicted molar refractivity (Wildman–Crippen MR) is 86.0 cm³/mol. The number of hydrogen-bond donors (Lipinski definition) is 2. The molecule has 0 unspecified atom stereocenters. The summed E-state index contributed by atoms with van der Waals surface area (Å²) in [6.45, 7) is 0. The average molecular weight is 336 g/mol. The van der Waals surface area contributed by atoms with Crippen LogP contribution in [0.2, 0.25) is 0 Å². The molecule has 2 heterocycles. The molecule has 2 N–H and O–H groups in total. The molecule has 0 radical (unpaired) electrons. The summed E-state index contributed by atoms with van der Waals surface area (Å²) in [6.07, 6.45) is -4.64. The summed E-state index contributed by atoms with van der Waals surface area (Å²) in [7, 11) is 5.30. The standard InChI is InChI=1S/C15H15F3N6/c1-19-12-10-13(23-14(22-12)15(16,17)18)21-11(20-10)8-5-4-6-9(7-8)24(2)3/h4-7H,1-3H3,(H2,19,20,21,22,23). The van der Waals surface area contributed by atoms with E-state index in [1.54, 1.807) is 0 Å². The highest BCUT2D eigenvalue weighted by atomic mass is 19.4. The molecule has 0 spiro atoms. The molecule has 1 aromatic carbocycles. The fourth-order valence-corrected chi connectivity index (χ4v) is 2.27. The number of benzene rings is 1. The highest BCUT2D eigenvalue weighted by Gasteiger charge is 2.36. The van der Waals surface area contributed by atoms with Crippen molar-refractivity contribution in [2.24, 2.45) is 0 Å². The minimum absolute atomic E-state index is 0.0352. The lowest BCUT2D eigenvalue weighted by atomic mass is 10.2. The van der Waals surface area contributed by atoms with Crippen LogP contribution in [0.15, 0.2) is 24.3 Å². The Morgan fingerprint density at radius 2 is 1.88 bits per heavy atom. The average Bonchev–Trinajstić information content (AvgIpc) is 2.97. The zero-order chi connectivity index (χ0) is 17.5. The minimum atomic E-state index is -4.64. The predicted octanol–water partition coefficient (Wildman–Crippen LogP) is 3.15. The van der Waals surface area contributed by atoms with Gasteiger partial charge in [0.05, 0.1) is 0 Å². The number of aromatic nitrogens is 4. The van der Waals surface area contributed by atoms with Crippen molar-refractivity contribution < 1.29 is 13.2 Å². The second-order valence-corrected chi connectivity index (χ2v) is 5.37. The number of anilines is 2. The van der Waals surface area contributed by atoms with Crippen molar-refractivity contribution in [1.82, 2.24) is 19.9 Å². The van der Waals surface area contributed by atoms with Gasteiger partial charge in [-0.05, 0) is 12.1 Å². The third kappa shape index (κ3) is 2.84. The van der Waals surface area contributed by atoms with Gasteiger partial charge in [0, 0.05) is 32.4 Å². The Kier molecular flexibility index (Phi) is 3.78. The van der Waals surface area contributed by atoms with Gasteiger partial charge in [0.2, 0.25) is 5.82 Å². The third-order valence-corrected chi connectivity index (χ3v) is 3.48. The number of halogens is 3. The quantitative estimate of drug-likeness (QED) is 0.769. The Balaban J connectivity index is 2.16. The van der Waals surface area contributed by atoms with Gasteiger partial charge in [0.15, 0.2) is 11.5 Å². The zero-order valence-corrected chi connectivity index (χ0v) is 13.2. The minimum Gasteiger partial charge on any atom is -0.378 e. The topological polar surface area (TPSA) is 69.7 Å².